The summed E-state index contributed by atoms with van der Waals surface area (Å²) in [6, 6.07) is 0.618. The maximum absolute atomic E-state index is 12.0. The zero-order valence-electron chi connectivity index (χ0n) is 14.9. The van der Waals surface area contributed by atoms with Crippen LogP contribution in [0.4, 0.5) is 0 Å². The van der Waals surface area contributed by atoms with Crippen LogP contribution in [0, 0.1) is 0 Å². The Balaban J connectivity index is 1.67. The summed E-state index contributed by atoms with van der Waals surface area (Å²) in [5, 5.41) is 9.52. The molecule has 0 spiro atoms. The minimum atomic E-state index is 0.0243. The molecule has 136 valence electrons. The van der Waals surface area contributed by atoms with Crippen molar-refractivity contribution in [1.29, 1.82) is 0 Å². The van der Waals surface area contributed by atoms with Crippen LogP contribution in [0.2, 0.25) is 0 Å². The number of piperidine rings is 1. The van der Waals surface area contributed by atoms with Crippen LogP contribution >= 0.6 is 0 Å². The van der Waals surface area contributed by atoms with Crippen LogP contribution in [0.15, 0.2) is 4.99 Å². The molecule has 1 aliphatic carbocycles. The molecule has 0 unspecified atom stereocenters. The highest BCUT2D eigenvalue weighted by atomic mass is 16.2. The third-order valence-electron chi connectivity index (χ3n) is 4.89. The molecule has 0 aromatic heterocycles. The first kappa shape index (κ1) is 18.5. The lowest BCUT2D eigenvalue weighted by atomic mass is 9.95. The Morgan fingerprint density at radius 3 is 2.21 bits per heavy atom. The van der Waals surface area contributed by atoms with E-state index in [1.54, 1.807) is 14.0 Å². The molecule has 0 aromatic rings. The molecule has 0 aromatic carbocycles. The maximum Gasteiger partial charge on any atom is 0.239 e. The largest absolute Gasteiger partial charge is 0.354 e. The molecule has 2 rings (SSSR count). The van der Waals surface area contributed by atoms with Crippen LogP contribution in [0.5, 0.6) is 0 Å². The van der Waals surface area contributed by atoms with E-state index in [0.29, 0.717) is 12.0 Å². The zero-order chi connectivity index (χ0) is 17.4. The molecule has 1 saturated heterocycles. The number of hydrogen-bond donors (Lipinski definition) is 3. The fraction of sp³-hybridized carbons (Fsp3) is 0.824. The molecular weight excluding hydrogens is 306 g/mol. The van der Waals surface area contributed by atoms with Crippen molar-refractivity contribution >= 4 is 17.8 Å². The van der Waals surface area contributed by atoms with Crippen LogP contribution in [0.1, 0.15) is 51.9 Å². The number of nitrogens with one attached hydrogen (secondary N) is 3. The predicted molar refractivity (Wildman–Crippen MR) is 94.8 cm³/mol. The molecule has 2 aliphatic rings. The Labute approximate surface area is 144 Å². The van der Waals surface area contributed by atoms with Gasteiger partial charge in [-0.3, -0.25) is 14.6 Å². The van der Waals surface area contributed by atoms with E-state index in [0.717, 1.165) is 38.8 Å². The monoisotopic (exact) mass is 337 g/mol. The molecule has 0 bridgehead atoms. The SMILES string of the molecule is CN=C(NCC(=O)NC1CCCCC1)NC1CCN(C(C)=O)CC1. The summed E-state index contributed by atoms with van der Waals surface area (Å²) in [6.45, 7) is 3.39. The second-order valence-corrected chi connectivity index (χ2v) is 6.75. The summed E-state index contributed by atoms with van der Waals surface area (Å²) in [4.78, 5) is 29.4. The summed E-state index contributed by atoms with van der Waals surface area (Å²) in [5.74, 6) is 0.807. The molecule has 0 radical (unpaired) electrons. The van der Waals surface area contributed by atoms with Gasteiger partial charge in [0.05, 0.1) is 6.54 Å². The van der Waals surface area contributed by atoms with Gasteiger partial charge in [0.2, 0.25) is 11.8 Å². The van der Waals surface area contributed by atoms with E-state index in [1.807, 2.05) is 4.90 Å². The molecule has 7 heteroatoms. The van der Waals surface area contributed by atoms with Gasteiger partial charge in [0.15, 0.2) is 5.96 Å². The second kappa shape index (κ2) is 9.49. The lowest BCUT2D eigenvalue weighted by Gasteiger charge is -2.32. The minimum Gasteiger partial charge on any atom is -0.354 e. The zero-order valence-corrected chi connectivity index (χ0v) is 14.9. The van der Waals surface area contributed by atoms with E-state index in [9.17, 15) is 9.59 Å². The summed E-state index contributed by atoms with van der Waals surface area (Å²) < 4.78 is 0. The fourth-order valence-corrected chi connectivity index (χ4v) is 3.42. The molecule has 1 saturated carbocycles. The van der Waals surface area contributed by atoms with E-state index in [-0.39, 0.29) is 24.4 Å². The molecule has 2 fully saturated rings. The van der Waals surface area contributed by atoms with Crippen molar-refractivity contribution in [3.05, 3.63) is 0 Å². The van der Waals surface area contributed by atoms with E-state index < -0.39 is 0 Å². The molecule has 0 atom stereocenters. The van der Waals surface area contributed by atoms with E-state index >= 15 is 0 Å². The highest BCUT2D eigenvalue weighted by Crippen LogP contribution is 2.17. The van der Waals surface area contributed by atoms with E-state index in [4.69, 9.17) is 0 Å². The smallest absolute Gasteiger partial charge is 0.239 e. The second-order valence-electron chi connectivity index (χ2n) is 6.75. The third kappa shape index (κ3) is 6.02. The number of aliphatic imine (C=N–C) groups is 1. The first-order chi connectivity index (χ1) is 11.6. The number of carbonyl (C=O) groups excluding carboxylic acids is 2. The van der Waals surface area contributed by atoms with Gasteiger partial charge < -0.3 is 20.9 Å². The van der Waals surface area contributed by atoms with Crippen molar-refractivity contribution in [2.75, 3.05) is 26.7 Å². The van der Waals surface area contributed by atoms with Crippen LogP contribution in [-0.2, 0) is 9.59 Å². The first-order valence-electron chi connectivity index (χ1n) is 9.10. The van der Waals surface area contributed by atoms with Crippen LogP contribution in [0.25, 0.3) is 0 Å². The molecule has 3 N–H and O–H groups in total. The quantitative estimate of drug-likeness (QED) is 0.518. The average molecular weight is 337 g/mol. The van der Waals surface area contributed by atoms with Crippen LogP contribution in [-0.4, -0.2) is 61.4 Å². The van der Waals surface area contributed by atoms with Crippen LogP contribution in [0.3, 0.4) is 0 Å². The third-order valence-corrected chi connectivity index (χ3v) is 4.89. The lowest BCUT2D eigenvalue weighted by Crippen LogP contribution is -2.51. The van der Waals surface area contributed by atoms with Gasteiger partial charge in [-0.2, -0.15) is 0 Å². The number of nitrogens with zero attached hydrogens (tertiary/aromatic N) is 2. The first-order valence-corrected chi connectivity index (χ1v) is 9.10. The number of amides is 2. The fourth-order valence-electron chi connectivity index (χ4n) is 3.42. The highest BCUT2D eigenvalue weighted by Gasteiger charge is 2.21. The van der Waals surface area contributed by atoms with Crippen LogP contribution < -0.4 is 16.0 Å². The van der Waals surface area contributed by atoms with Gasteiger partial charge in [0.25, 0.3) is 0 Å². The highest BCUT2D eigenvalue weighted by molar-refractivity contribution is 5.86. The van der Waals surface area contributed by atoms with Crippen molar-refractivity contribution in [1.82, 2.24) is 20.9 Å². The van der Waals surface area contributed by atoms with Gasteiger partial charge in [-0.1, -0.05) is 19.3 Å². The Morgan fingerprint density at radius 1 is 1.00 bits per heavy atom. The van der Waals surface area contributed by atoms with Gasteiger partial charge in [0, 0.05) is 39.1 Å². The summed E-state index contributed by atoms with van der Waals surface area (Å²) >= 11 is 0. The number of hydrogen-bond acceptors (Lipinski definition) is 3. The van der Waals surface area contributed by atoms with Gasteiger partial charge in [0.1, 0.15) is 0 Å². The van der Waals surface area contributed by atoms with Crippen molar-refractivity contribution in [3.8, 4) is 0 Å². The van der Waals surface area contributed by atoms with Gasteiger partial charge >= 0.3 is 0 Å². The van der Waals surface area contributed by atoms with Gasteiger partial charge in [-0.25, -0.2) is 0 Å². The van der Waals surface area contributed by atoms with E-state index in [2.05, 4.69) is 20.9 Å². The number of likely N-dealkylation sites (tertiary alicyclic amines) is 1. The Hall–Kier alpha value is -1.79. The standard InChI is InChI=1S/C17H31N5O2/c1-13(23)22-10-8-15(9-11-22)21-17(18-2)19-12-16(24)20-14-6-4-3-5-7-14/h14-15H,3-12H2,1-2H3,(H,20,24)(H2,18,19,21). The molecule has 24 heavy (non-hydrogen) atoms. The number of rotatable bonds is 4. The average Bonchev–Trinajstić information content (AvgIpc) is 2.60. The van der Waals surface area contributed by atoms with Crippen molar-refractivity contribution in [2.45, 2.75) is 64.0 Å². The maximum atomic E-state index is 12.0. The Bertz CT molecular complexity index is 452. The topological polar surface area (TPSA) is 85.8 Å². The predicted octanol–water partition coefficient (Wildman–Crippen LogP) is 0.611. The van der Waals surface area contributed by atoms with Crippen molar-refractivity contribution in [3.63, 3.8) is 0 Å². The minimum absolute atomic E-state index is 0.0243. The Kier molecular flexibility index (Phi) is 7.34. The van der Waals surface area contributed by atoms with E-state index in [1.165, 1.54) is 19.3 Å². The van der Waals surface area contributed by atoms with Gasteiger partial charge in [-0.05, 0) is 25.7 Å². The summed E-state index contributed by atoms with van der Waals surface area (Å²) in [7, 11) is 1.71. The normalized spacial score (nSPS) is 20.6. The summed E-state index contributed by atoms with van der Waals surface area (Å²) in [5.41, 5.74) is 0. The molecule has 2 amide bonds. The summed E-state index contributed by atoms with van der Waals surface area (Å²) in [6.07, 6.45) is 7.68. The molecular formula is C17H31N5O2. The lowest BCUT2D eigenvalue weighted by molar-refractivity contribution is -0.129. The number of carbonyl (C=O) groups is 2. The molecule has 7 nitrogen and oxygen atoms in total. The molecule has 1 heterocycles. The Morgan fingerprint density at radius 2 is 1.62 bits per heavy atom. The van der Waals surface area contributed by atoms with Gasteiger partial charge in [-0.15, -0.1) is 0 Å². The number of guanidine groups is 1. The van der Waals surface area contributed by atoms with Crippen molar-refractivity contribution in [2.24, 2.45) is 4.99 Å². The molecule has 1 aliphatic heterocycles. The van der Waals surface area contributed by atoms with Crippen molar-refractivity contribution < 1.29 is 9.59 Å².